The number of nitrogens with one attached hydrogen (secondary N) is 2. The van der Waals surface area contributed by atoms with Crippen LogP contribution in [-0.2, 0) is 9.59 Å². The van der Waals surface area contributed by atoms with Crippen LogP contribution in [0.1, 0.15) is 54.4 Å². The average molecular weight is 522 g/mol. The van der Waals surface area contributed by atoms with Gasteiger partial charge in [0.15, 0.2) is 0 Å². The number of hydrogen-bond acceptors (Lipinski definition) is 4. The monoisotopic (exact) mass is 522 g/mol. The maximum Gasteiger partial charge on any atom is -0.0500 e. The summed E-state index contributed by atoms with van der Waals surface area (Å²) in [7, 11) is 0. The summed E-state index contributed by atoms with van der Waals surface area (Å²) >= 11 is 0.326. The van der Waals surface area contributed by atoms with Gasteiger partial charge in [-0.15, -0.1) is 0 Å². The van der Waals surface area contributed by atoms with Gasteiger partial charge in [-0.25, -0.2) is 0 Å². The van der Waals surface area contributed by atoms with Crippen LogP contribution in [0.3, 0.4) is 0 Å². The van der Waals surface area contributed by atoms with Crippen LogP contribution in [0.25, 0.3) is 0 Å². The smallest absolute Gasteiger partial charge is 0.0500 e. The second-order valence-electron chi connectivity index (χ2n) is 6.64. The van der Waals surface area contributed by atoms with E-state index >= 15 is 0 Å². The molecule has 0 heterocycles. The van der Waals surface area contributed by atoms with E-state index in [9.17, 15) is 14.4 Å². The molecule has 0 fully saturated rings. The third kappa shape index (κ3) is 16.1. The second kappa shape index (κ2) is 13.9. The second-order valence-corrected chi connectivity index (χ2v) is 8.40. The first-order valence-electron chi connectivity index (χ1n) is 8.04. The minimum atomic E-state index is -0.649. The van der Waals surface area contributed by atoms with E-state index in [1.165, 1.54) is 6.92 Å². The van der Waals surface area contributed by atoms with Crippen molar-refractivity contribution in [3.8, 4) is 0 Å². The summed E-state index contributed by atoms with van der Waals surface area (Å²) in [5.74, 6) is 0.719. The van der Waals surface area contributed by atoms with Crippen LogP contribution >= 0.6 is 0 Å². The molecule has 4 N–H and O–H groups in total. The summed E-state index contributed by atoms with van der Waals surface area (Å²) in [5.41, 5.74) is 5.43. The van der Waals surface area contributed by atoms with Crippen molar-refractivity contribution in [2.45, 2.75) is 66.5 Å². The molecule has 0 spiro atoms. The normalized spacial score (nSPS) is 13.0. The van der Waals surface area contributed by atoms with E-state index in [0.29, 0.717) is 51.1 Å². The van der Waals surface area contributed by atoms with Crippen molar-refractivity contribution in [3.63, 3.8) is 0 Å². The number of Topliss-reactive ketones (excluding diaryl/α,β-unsaturated/α-hetero) is 1. The molecule has 2 unspecified atom stereocenters. The first kappa shape index (κ1) is 24.7. The van der Waals surface area contributed by atoms with E-state index in [-0.39, 0.29) is 15.2 Å². The van der Waals surface area contributed by atoms with Crippen molar-refractivity contribution in [1.29, 1.82) is 0 Å². The molecule has 0 aliphatic carbocycles. The van der Waals surface area contributed by atoms with E-state index < -0.39 is 12.1 Å². The van der Waals surface area contributed by atoms with Crippen LogP contribution in [0.2, 0.25) is 0 Å². The minimum Gasteiger partial charge on any atom is -0.0630 e. The topological polar surface area (TPSA) is 101 Å². The van der Waals surface area contributed by atoms with E-state index in [0.717, 1.165) is 5.92 Å². The van der Waals surface area contributed by atoms with Crippen LogP contribution in [0.4, 0.5) is 4.79 Å². The van der Waals surface area contributed by atoms with Crippen molar-refractivity contribution < 1.29 is 14.4 Å². The molecule has 133 valence electrons. The summed E-state index contributed by atoms with van der Waals surface area (Å²) in [4.78, 5) is 34.6. The Hall–Kier alpha value is -0.508. The van der Waals surface area contributed by atoms with E-state index in [1.807, 2.05) is 13.8 Å². The van der Waals surface area contributed by atoms with Crippen molar-refractivity contribution in [1.82, 2.24) is 10.6 Å². The molecule has 7 heteroatoms. The zero-order chi connectivity index (χ0) is 18.6. The zero-order valence-electron chi connectivity index (χ0n) is 15.2. The quantitative estimate of drug-likeness (QED) is 0.420. The molecule has 0 aliphatic heterocycles. The molecule has 2 atom stereocenters. The standard InChI is InChI=1S/C12H22N3O3.C4H10.Pb/c1-8(2)6-11(9(3)17)15-12(18)10(4-5-13)14-7-16;1-4(2)3;/h8,10-11H,4-6,13H2,1-3H3,(H,14,16)(H,15,18);4H,1-3H3;. The molecule has 6 nitrogen and oxygen atoms in total. The van der Waals surface area contributed by atoms with Gasteiger partial charge in [-0.3, -0.25) is 0 Å². The molecule has 0 saturated carbocycles. The van der Waals surface area contributed by atoms with Gasteiger partial charge in [-0.05, 0) is 5.92 Å². The van der Waals surface area contributed by atoms with E-state index in [4.69, 9.17) is 5.73 Å². The molecular formula is C16H32N3O3Pb. The average Bonchev–Trinajstić information content (AvgIpc) is 2.35. The maximum absolute atomic E-state index is 12.0. The number of nitrogens with two attached hydrogens (primary N) is 1. The maximum atomic E-state index is 12.0. The Morgan fingerprint density at radius 1 is 1.00 bits per heavy atom. The molecule has 3 radical (unpaired) electrons. The first-order chi connectivity index (χ1) is 10.5. The number of rotatable bonds is 8. The van der Waals surface area contributed by atoms with Gasteiger partial charge >= 0.3 is 130 Å². The molecule has 0 aliphatic rings. The molecule has 2 amide bonds. The first-order valence-corrected chi connectivity index (χ1v) is 9.98. The van der Waals surface area contributed by atoms with Crippen molar-refractivity contribution in [2.75, 3.05) is 6.54 Å². The molecule has 0 rings (SSSR count). The molecular weight excluding hydrogens is 489 g/mol. The van der Waals surface area contributed by atoms with Crippen LogP contribution in [0.5, 0.6) is 0 Å². The number of carbonyl (C=O) groups excluding carboxylic acids is 3. The van der Waals surface area contributed by atoms with Gasteiger partial charge < -0.3 is 0 Å². The summed E-state index contributed by atoms with van der Waals surface area (Å²) in [6, 6.07) is -1.15. The summed E-state index contributed by atoms with van der Waals surface area (Å²) in [5, 5.41) is 5.29. The summed E-state index contributed by atoms with van der Waals surface area (Å²) < 4.78 is -0.156. The van der Waals surface area contributed by atoms with E-state index in [1.54, 1.807) is 0 Å². The number of carbonyl (C=O) groups is 3. The Morgan fingerprint density at radius 3 is 1.78 bits per heavy atom. The van der Waals surface area contributed by atoms with Gasteiger partial charge in [-0.2, -0.15) is 0 Å². The fourth-order valence-corrected chi connectivity index (χ4v) is 2.34. The van der Waals surface area contributed by atoms with E-state index in [2.05, 4.69) is 31.4 Å². The Balaban J connectivity index is 0. The van der Waals surface area contributed by atoms with Gasteiger partial charge in [-0.1, -0.05) is 20.8 Å². The van der Waals surface area contributed by atoms with Crippen molar-refractivity contribution in [3.05, 3.63) is 0 Å². The Labute approximate surface area is 156 Å². The van der Waals surface area contributed by atoms with Gasteiger partial charge in [0.2, 0.25) is 0 Å². The van der Waals surface area contributed by atoms with Gasteiger partial charge in [0.1, 0.15) is 0 Å². The largest absolute Gasteiger partial charge is 0.0630 e. The third-order valence-electron chi connectivity index (χ3n) is 2.59. The number of ketones is 1. The molecule has 0 aromatic carbocycles. The predicted molar refractivity (Wildman–Crippen MR) is 94.3 cm³/mol. The van der Waals surface area contributed by atoms with Crippen LogP contribution in [-0.4, -0.2) is 59.6 Å². The Morgan fingerprint density at radius 2 is 1.48 bits per heavy atom. The Bertz CT molecular complexity index is 371. The summed E-state index contributed by atoms with van der Waals surface area (Å²) in [6.45, 7) is 12.2. The van der Waals surface area contributed by atoms with Crippen LogP contribution in [0, 0.1) is 11.8 Å². The van der Waals surface area contributed by atoms with Gasteiger partial charge in [0, 0.05) is 0 Å². The van der Waals surface area contributed by atoms with Gasteiger partial charge in [0.25, 0.3) is 0 Å². The van der Waals surface area contributed by atoms with Crippen molar-refractivity contribution in [2.24, 2.45) is 17.6 Å². The number of amides is 2. The molecule has 0 saturated heterocycles. The molecule has 23 heavy (non-hydrogen) atoms. The molecule has 0 aromatic heterocycles. The zero-order valence-corrected chi connectivity index (χ0v) is 19.1. The SMILES string of the molecule is CC(=O)C(CC(C)C)NC(=O)C(CCN)N[C](=O)[Pb].CC(C)C. The van der Waals surface area contributed by atoms with Crippen molar-refractivity contribution >= 4 is 40.9 Å². The summed E-state index contributed by atoms with van der Waals surface area (Å²) in [6.07, 6.45) is 0.956. The predicted octanol–water partition coefficient (Wildman–Crippen LogP) is 1.36. The van der Waals surface area contributed by atoms with Crippen LogP contribution in [0.15, 0.2) is 0 Å². The Kier molecular flexibility index (Phi) is 14.9. The van der Waals surface area contributed by atoms with Crippen LogP contribution < -0.4 is 16.4 Å². The molecule has 0 bridgehead atoms. The number of hydrogen-bond donors (Lipinski definition) is 3. The fourth-order valence-electron chi connectivity index (χ4n) is 1.66. The fraction of sp³-hybridized carbons (Fsp3) is 0.812. The molecule has 0 aromatic rings. The van der Waals surface area contributed by atoms with Gasteiger partial charge in [0.05, 0.1) is 0 Å². The third-order valence-corrected chi connectivity index (χ3v) is 3.15. The minimum absolute atomic E-state index is 0.0780.